The van der Waals surface area contributed by atoms with Crippen LogP contribution in [0, 0.1) is 11.6 Å². The Hall–Kier alpha value is -3.74. The van der Waals surface area contributed by atoms with Crippen LogP contribution in [0.3, 0.4) is 0 Å². The molecule has 0 spiro atoms. The molecule has 1 aromatic heterocycles. The van der Waals surface area contributed by atoms with E-state index in [1.54, 1.807) is 0 Å². The molecule has 0 aliphatic rings. The molecule has 13 heteroatoms. The van der Waals surface area contributed by atoms with Crippen LogP contribution in [0.5, 0.6) is 5.75 Å². The number of carbonyl (C=O) groups is 1. The highest BCUT2D eigenvalue weighted by molar-refractivity contribution is 7.92. The van der Waals surface area contributed by atoms with Gasteiger partial charge in [-0.25, -0.2) is 17.2 Å². The molecule has 2 aromatic carbocycles. The fourth-order valence-corrected chi connectivity index (χ4v) is 4.32. The zero-order chi connectivity index (χ0) is 27.6. The van der Waals surface area contributed by atoms with Crippen LogP contribution in [0.25, 0.3) is 0 Å². The molecular weight excluding hydrogens is 521 g/mol. The summed E-state index contributed by atoms with van der Waals surface area (Å²) in [6.07, 6.45) is -2.40. The molecule has 37 heavy (non-hydrogen) atoms. The van der Waals surface area contributed by atoms with E-state index in [-0.39, 0.29) is 5.56 Å². The number of amides is 1. The molecule has 0 radical (unpaired) electrons. The average Bonchev–Trinajstić information content (AvgIpc) is 2.82. The van der Waals surface area contributed by atoms with Crippen LogP contribution in [0.15, 0.2) is 60.9 Å². The normalized spacial score (nSPS) is 14.4. The maximum Gasteiger partial charge on any atom is 0.420 e. The number of nitrogens with zero attached hydrogens (tertiary/aromatic N) is 1. The monoisotopic (exact) mass is 543 g/mol. The van der Waals surface area contributed by atoms with Gasteiger partial charge in [-0.15, -0.1) is 0 Å². The predicted molar refractivity (Wildman–Crippen MR) is 125 cm³/mol. The van der Waals surface area contributed by atoms with Gasteiger partial charge in [0.15, 0.2) is 17.1 Å². The van der Waals surface area contributed by atoms with Gasteiger partial charge < -0.3 is 10.1 Å². The van der Waals surface area contributed by atoms with E-state index < -0.39 is 67.8 Å². The van der Waals surface area contributed by atoms with Gasteiger partial charge in [-0.2, -0.15) is 13.2 Å². The molecule has 0 fully saturated rings. The highest BCUT2D eigenvalue weighted by atomic mass is 32.2. The van der Waals surface area contributed by atoms with Crippen molar-refractivity contribution in [1.29, 1.82) is 0 Å². The summed E-state index contributed by atoms with van der Waals surface area (Å²) in [6.45, 7) is 1.22. The summed E-state index contributed by atoms with van der Waals surface area (Å²) in [4.78, 5) is 16.9. The standard InChI is InChI=1S/C24H22F5N3O4S/c1-14(15-9-10-19(18(25)12-15)32-37(3,34)35)22(33)31-23(24(27,28)29,16-6-5-11-30-13-16)17-7-4-8-20(36-2)21(17)26/h4-14,32H,1-3H3,(H,31,33). The maximum absolute atomic E-state index is 15.3. The number of alkyl halides is 3. The second-order valence-corrected chi connectivity index (χ2v) is 9.88. The number of benzene rings is 2. The molecule has 3 rings (SSSR count). The molecule has 0 saturated heterocycles. The number of nitrogens with one attached hydrogen (secondary N) is 2. The molecule has 2 atom stereocenters. The van der Waals surface area contributed by atoms with Crippen molar-refractivity contribution in [3.63, 3.8) is 0 Å². The van der Waals surface area contributed by atoms with E-state index in [0.717, 1.165) is 56.0 Å². The highest BCUT2D eigenvalue weighted by Crippen LogP contribution is 2.46. The first-order chi connectivity index (χ1) is 17.2. The lowest BCUT2D eigenvalue weighted by atomic mass is 9.81. The second kappa shape index (κ2) is 10.3. The SMILES string of the molecule is COc1cccc(C(NC(=O)C(C)c2ccc(NS(C)(=O)=O)c(F)c2)(c2cccnc2)C(F)(F)F)c1F. The molecule has 0 aliphatic heterocycles. The Balaban J connectivity index is 2.13. The summed E-state index contributed by atoms with van der Waals surface area (Å²) in [5.41, 5.74) is -5.36. The quantitative estimate of drug-likeness (QED) is 0.409. The van der Waals surface area contributed by atoms with Gasteiger partial charge in [0, 0.05) is 23.5 Å². The first kappa shape index (κ1) is 27.8. The van der Waals surface area contributed by atoms with E-state index in [1.165, 1.54) is 25.3 Å². The van der Waals surface area contributed by atoms with E-state index in [2.05, 4.69) is 4.98 Å². The number of carbonyl (C=O) groups excluding carboxylic acids is 1. The summed E-state index contributed by atoms with van der Waals surface area (Å²) in [5.74, 6) is -5.45. The van der Waals surface area contributed by atoms with E-state index >= 15 is 4.39 Å². The van der Waals surface area contributed by atoms with Crippen LogP contribution in [-0.4, -0.2) is 38.9 Å². The number of anilines is 1. The summed E-state index contributed by atoms with van der Waals surface area (Å²) in [5, 5.41) is 1.93. The Bertz CT molecular complexity index is 1400. The van der Waals surface area contributed by atoms with Gasteiger partial charge in [0.1, 0.15) is 5.82 Å². The molecule has 3 aromatic rings. The third kappa shape index (κ3) is 5.66. The summed E-state index contributed by atoms with van der Waals surface area (Å²) in [7, 11) is -2.72. The van der Waals surface area contributed by atoms with Gasteiger partial charge >= 0.3 is 6.18 Å². The Morgan fingerprint density at radius 2 is 1.78 bits per heavy atom. The molecule has 2 N–H and O–H groups in total. The van der Waals surface area contributed by atoms with Crippen LogP contribution < -0.4 is 14.8 Å². The van der Waals surface area contributed by atoms with E-state index in [9.17, 15) is 30.8 Å². The molecule has 198 valence electrons. The van der Waals surface area contributed by atoms with Crippen molar-refractivity contribution in [2.45, 2.75) is 24.6 Å². The predicted octanol–water partition coefficient (Wildman–Crippen LogP) is 4.47. The van der Waals surface area contributed by atoms with Gasteiger partial charge in [0.2, 0.25) is 15.9 Å². The second-order valence-electron chi connectivity index (χ2n) is 8.14. The minimum absolute atomic E-state index is 0.0533. The largest absolute Gasteiger partial charge is 0.494 e. The topological polar surface area (TPSA) is 97.4 Å². The molecular formula is C24H22F5N3O4S. The number of methoxy groups -OCH3 is 1. The van der Waals surface area contributed by atoms with Crippen molar-refractivity contribution >= 4 is 21.6 Å². The molecule has 2 unspecified atom stereocenters. The fraction of sp³-hybridized carbons (Fsp3) is 0.250. The summed E-state index contributed by atoms with van der Waals surface area (Å²) < 4.78 is 104. The van der Waals surface area contributed by atoms with E-state index in [0.29, 0.717) is 0 Å². The number of aromatic nitrogens is 1. The van der Waals surface area contributed by atoms with Crippen molar-refractivity contribution < 1.29 is 39.9 Å². The number of halogens is 5. The minimum Gasteiger partial charge on any atom is -0.494 e. The van der Waals surface area contributed by atoms with Gasteiger partial charge in [0.25, 0.3) is 0 Å². The lowest BCUT2D eigenvalue weighted by molar-refractivity contribution is -0.191. The third-order valence-corrected chi connectivity index (χ3v) is 6.19. The molecule has 1 heterocycles. The Morgan fingerprint density at radius 1 is 1.08 bits per heavy atom. The number of rotatable bonds is 8. The zero-order valence-electron chi connectivity index (χ0n) is 19.7. The van der Waals surface area contributed by atoms with Gasteiger partial charge in [-0.3, -0.25) is 14.5 Å². The van der Waals surface area contributed by atoms with E-state index in [4.69, 9.17) is 4.74 Å². The van der Waals surface area contributed by atoms with Crippen LogP contribution in [-0.2, 0) is 20.4 Å². The molecule has 1 amide bonds. The van der Waals surface area contributed by atoms with Gasteiger partial charge in [-0.1, -0.05) is 24.3 Å². The zero-order valence-corrected chi connectivity index (χ0v) is 20.5. The summed E-state index contributed by atoms with van der Waals surface area (Å²) >= 11 is 0. The fourth-order valence-electron chi connectivity index (χ4n) is 3.75. The minimum atomic E-state index is -5.27. The first-order valence-electron chi connectivity index (χ1n) is 10.6. The van der Waals surface area contributed by atoms with Crippen molar-refractivity contribution in [3.8, 4) is 5.75 Å². The Kier molecular flexibility index (Phi) is 7.77. The van der Waals surface area contributed by atoms with Crippen molar-refractivity contribution in [2.75, 3.05) is 18.1 Å². The molecule has 0 bridgehead atoms. The van der Waals surface area contributed by atoms with Gasteiger partial charge in [-0.05, 0) is 36.8 Å². The lowest BCUT2D eigenvalue weighted by Gasteiger charge is -2.38. The number of hydrogen-bond acceptors (Lipinski definition) is 5. The Morgan fingerprint density at radius 3 is 2.32 bits per heavy atom. The van der Waals surface area contributed by atoms with Crippen molar-refractivity contribution in [2.24, 2.45) is 0 Å². The Labute approximate surface area is 209 Å². The van der Waals surface area contributed by atoms with Crippen LogP contribution in [0.4, 0.5) is 27.6 Å². The van der Waals surface area contributed by atoms with E-state index in [1.807, 2.05) is 10.0 Å². The van der Waals surface area contributed by atoms with Crippen LogP contribution >= 0.6 is 0 Å². The lowest BCUT2D eigenvalue weighted by Crippen LogP contribution is -2.58. The number of ether oxygens (including phenoxy) is 1. The molecule has 7 nitrogen and oxygen atoms in total. The number of sulfonamides is 1. The first-order valence-corrected chi connectivity index (χ1v) is 12.5. The van der Waals surface area contributed by atoms with Gasteiger partial charge in [0.05, 0.1) is 25.0 Å². The third-order valence-electron chi connectivity index (χ3n) is 5.60. The highest BCUT2D eigenvalue weighted by Gasteiger charge is 2.60. The van der Waals surface area contributed by atoms with Crippen molar-refractivity contribution in [3.05, 3.63) is 89.2 Å². The molecule has 0 saturated carbocycles. The maximum atomic E-state index is 15.3. The summed E-state index contributed by atoms with van der Waals surface area (Å²) in [6, 6.07) is 8.43. The van der Waals surface area contributed by atoms with Crippen LogP contribution in [0.1, 0.15) is 29.5 Å². The molecule has 0 aliphatic carbocycles. The van der Waals surface area contributed by atoms with Crippen molar-refractivity contribution in [1.82, 2.24) is 10.3 Å². The average molecular weight is 544 g/mol. The smallest absolute Gasteiger partial charge is 0.420 e. The number of hydrogen-bond donors (Lipinski definition) is 2. The van der Waals surface area contributed by atoms with Crippen LogP contribution in [0.2, 0.25) is 0 Å². The number of pyridine rings is 1.